The van der Waals surface area contributed by atoms with Crippen LogP contribution in [0.3, 0.4) is 0 Å². The van der Waals surface area contributed by atoms with E-state index in [1.807, 2.05) is 20.8 Å². The number of carbonyl (C=O) groups is 1. The van der Waals surface area contributed by atoms with Crippen LogP contribution in [-0.2, 0) is 9.47 Å². The molecule has 5 heteroatoms. The molecule has 0 aromatic carbocycles. The summed E-state index contributed by atoms with van der Waals surface area (Å²) in [5, 5.41) is 9.28. The summed E-state index contributed by atoms with van der Waals surface area (Å²) in [5.74, 6) is 0. The summed E-state index contributed by atoms with van der Waals surface area (Å²) >= 11 is 0. The van der Waals surface area contributed by atoms with Crippen LogP contribution in [0.15, 0.2) is 0 Å². The van der Waals surface area contributed by atoms with Gasteiger partial charge in [0.05, 0.1) is 25.3 Å². The molecule has 2 atom stereocenters. The number of aliphatic hydroxyl groups excluding tert-OH is 1. The molecule has 0 saturated carbocycles. The largest absolute Gasteiger partial charge is 0.444 e. The van der Waals surface area contributed by atoms with Crippen molar-refractivity contribution in [3.63, 3.8) is 0 Å². The monoisotopic (exact) mass is 245 g/mol. The quantitative estimate of drug-likeness (QED) is 0.816. The van der Waals surface area contributed by atoms with E-state index in [9.17, 15) is 9.90 Å². The molecule has 0 unspecified atom stereocenters. The summed E-state index contributed by atoms with van der Waals surface area (Å²) in [7, 11) is 1.61. The molecule has 1 amide bonds. The van der Waals surface area contributed by atoms with Crippen molar-refractivity contribution in [1.82, 2.24) is 4.90 Å². The van der Waals surface area contributed by atoms with E-state index in [1.54, 1.807) is 12.0 Å². The van der Waals surface area contributed by atoms with Gasteiger partial charge in [-0.2, -0.15) is 0 Å². The average molecular weight is 245 g/mol. The Labute approximate surface area is 103 Å². The van der Waals surface area contributed by atoms with Crippen molar-refractivity contribution < 1.29 is 19.4 Å². The topological polar surface area (TPSA) is 59.0 Å². The first kappa shape index (κ1) is 14.3. The minimum atomic E-state index is -0.517. The second kappa shape index (κ2) is 5.69. The van der Waals surface area contributed by atoms with Crippen LogP contribution in [0, 0.1) is 0 Å². The van der Waals surface area contributed by atoms with E-state index in [0.29, 0.717) is 6.61 Å². The maximum absolute atomic E-state index is 12.1. The normalized spacial score (nSPS) is 25.1. The third-order valence-electron chi connectivity index (χ3n) is 2.79. The average Bonchev–Trinajstić information content (AvgIpc) is 2.58. The van der Waals surface area contributed by atoms with E-state index in [4.69, 9.17) is 9.47 Å². The molecular formula is C12H23NO4. The van der Waals surface area contributed by atoms with Gasteiger partial charge in [0, 0.05) is 7.11 Å². The second-order valence-corrected chi connectivity index (χ2v) is 5.41. The first-order valence-electron chi connectivity index (χ1n) is 6.00. The van der Waals surface area contributed by atoms with Crippen LogP contribution in [-0.4, -0.2) is 54.1 Å². The van der Waals surface area contributed by atoms with Crippen LogP contribution >= 0.6 is 0 Å². The molecule has 0 aromatic heterocycles. The SMILES string of the molecule is COC[C@H]1CC[C@@H](CO)N1C(=O)OC(C)(C)C. The van der Waals surface area contributed by atoms with Gasteiger partial charge < -0.3 is 14.6 Å². The summed E-state index contributed by atoms with van der Waals surface area (Å²) in [6.07, 6.45) is 1.28. The molecule has 0 bridgehead atoms. The van der Waals surface area contributed by atoms with Crippen LogP contribution in [0.25, 0.3) is 0 Å². The number of methoxy groups -OCH3 is 1. The summed E-state index contributed by atoms with van der Waals surface area (Å²) in [4.78, 5) is 13.7. The fourth-order valence-electron chi connectivity index (χ4n) is 2.11. The van der Waals surface area contributed by atoms with Crippen molar-refractivity contribution in [2.45, 2.75) is 51.3 Å². The molecule has 1 saturated heterocycles. The molecule has 0 radical (unpaired) electrons. The van der Waals surface area contributed by atoms with Gasteiger partial charge in [-0.25, -0.2) is 4.79 Å². The van der Waals surface area contributed by atoms with Crippen molar-refractivity contribution in [3.8, 4) is 0 Å². The Morgan fingerprint density at radius 2 is 1.94 bits per heavy atom. The number of hydrogen-bond donors (Lipinski definition) is 1. The van der Waals surface area contributed by atoms with Gasteiger partial charge >= 0.3 is 6.09 Å². The summed E-state index contributed by atoms with van der Waals surface area (Å²) in [6.45, 7) is 5.95. The minimum absolute atomic E-state index is 0.00648. The second-order valence-electron chi connectivity index (χ2n) is 5.41. The molecule has 1 fully saturated rings. The zero-order valence-electron chi connectivity index (χ0n) is 11.1. The van der Waals surface area contributed by atoms with Gasteiger partial charge in [-0.05, 0) is 33.6 Å². The van der Waals surface area contributed by atoms with Gasteiger partial charge in [-0.3, -0.25) is 4.90 Å². The fraction of sp³-hybridized carbons (Fsp3) is 0.917. The van der Waals surface area contributed by atoms with Crippen molar-refractivity contribution in [1.29, 1.82) is 0 Å². The number of carbonyl (C=O) groups excluding carboxylic acids is 1. The first-order valence-corrected chi connectivity index (χ1v) is 6.00. The number of ether oxygens (including phenoxy) is 2. The number of likely N-dealkylation sites (tertiary alicyclic amines) is 1. The molecule has 1 aliphatic heterocycles. The van der Waals surface area contributed by atoms with Crippen LogP contribution in [0.2, 0.25) is 0 Å². The Morgan fingerprint density at radius 1 is 1.35 bits per heavy atom. The maximum atomic E-state index is 12.1. The molecule has 1 aliphatic rings. The molecule has 1 rings (SSSR count). The Morgan fingerprint density at radius 3 is 2.41 bits per heavy atom. The number of nitrogens with zero attached hydrogens (tertiary/aromatic N) is 1. The lowest BCUT2D eigenvalue weighted by Gasteiger charge is -2.31. The van der Waals surface area contributed by atoms with Gasteiger partial charge in [-0.1, -0.05) is 0 Å². The van der Waals surface area contributed by atoms with Crippen LogP contribution in [0.1, 0.15) is 33.6 Å². The molecular weight excluding hydrogens is 222 g/mol. The van der Waals surface area contributed by atoms with Crippen LogP contribution in [0.4, 0.5) is 4.79 Å². The van der Waals surface area contributed by atoms with E-state index >= 15 is 0 Å². The predicted octanol–water partition coefficient (Wildman–Crippen LogP) is 1.39. The molecule has 0 aromatic rings. The minimum Gasteiger partial charge on any atom is -0.444 e. The van der Waals surface area contributed by atoms with E-state index in [0.717, 1.165) is 12.8 Å². The number of amides is 1. The predicted molar refractivity (Wildman–Crippen MR) is 63.8 cm³/mol. The summed E-state index contributed by atoms with van der Waals surface area (Å²) in [5.41, 5.74) is -0.517. The highest BCUT2D eigenvalue weighted by atomic mass is 16.6. The van der Waals surface area contributed by atoms with E-state index < -0.39 is 5.60 Å². The van der Waals surface area contributed by atoms with Crippen molar-refractivity contribution in [2.75, 3.05) is 20.3 Å². The maximum Gasteiger partial charge on any atom is 0.410 e. The molecule has 5 nitrogen and oxygen atoms in total. The first-order chi connectivity index (χ1) is 7.89. The summed E-state index contributed by atoms with van der Waals surface area (Å²) < 4.78 is 10.4. The van der Waals surface area contributed by atoms with Crippen molar-refractivity contribution >= 4 is 6.09 Å². The fourth-order valence-corrected chi connectivity index (χ4v) is 2.11. The number of rotatable bonds is 3. The Hall–Kier alpha value is -0.810. The highest BCUT2D eigenvalue weighted by molar-refractivity contribution is 5.69. The van der Waals surface area contributed by atoms with Gasteiger partial charge in [0.15, 0.2) is 0 Å². The molecule has 100 valence electrons. The highest BCUT2D eigenvalue weighted by Gasteiger charge is 2.38. The lowest BCUT2D eigenvalue weighted by atomic mass is 10.2. The number of hydrogen-bond acceptors (Lipinski definition) is 4. The van der Waals surface area contributed by atoms with Crippen LogP contribution in [0.5, 0.6) is 0 Å². The Kier molecular flexibility index (Phi) is 4.77. The molecule has 1 N–H and O–H groups in total. The van der Waals surface area contributed by atoms with Crippen LogP contribution < -0.4 is 0 Å². The number of aliphatic hydroxyl groups is 1. The Balaban J connectivity index is 2.70. The Bertz CT molecular complexity index is 262. The molecule has 1 heterocycles. The van der Waals surface area contributed by atoms with E-state index in [2.05, 4.69) is 0 Å². The lowest BCUT2D eigenvalue weighted by Crippen LogP contribution is -2.46. The van der Waals surface area contributed by atoms with Gasteiger partial charge in [0.2, 0.25) is 0 Å². The highest BCUT2D eigenvalue weighted by Crippen LogP contribution is 2.26. The summed E-state index contributed by atoms with van der Waals surface area (Å²) in [6, 6.07) is -0.142. The van der Waals surface area contributed by atoms with Gasteiger partial charge in [-0.15, -0.1) is 0 Å². The smallest absolute Gasteiger partial charge is 0.410 e. The lowest BCUT2D eigenvalue weighted by molar-refractivity contribution is 0.000308. The molecule has 0 spiro atoms. The third kappa shape index (κ3) is 3.85. The zero-order valence-corrected chi connectivity index (χ0v) is 11.1. The third-order valence-corrected chi connectivity index (χ3v) is 2.79. The van der Waals surface area contributed by atoms with E-state index in [1.165, 1.54) is 0 Å². The van der Waals surface area contributed by atoms with Crippen molar-refractivity contribution in [2.24, 2.45) is 0 Å². The van der Waals surface area contributed by atoms with Crippen molar-refractivity contribution in [3.05, 3.63) is 0 Å². The standard InChI is InChI=1S/C12H23NO4/c1-12(2,3)17-11(15)13-9(7-14)5-6-10(13)8-16-4/h9-10,14H,5-8H2,1-4H3/t9-,10+/m0/s1. The van der Waals surface area contributed by atoms with Gasteiger partial charge in [0.25, 0.3) is 0 Å². The zero-order chi connectivity index (χ0) is 13.1. The molecule has 0 aliphatic carbocycles. The van der Waals surface area contributed by atoms with E-state index in [-0.39, 0.29) is 24.8 Å². The molecule has 17 heavy (non-hydrogen) atoms. The van der Waals surface area contributed by atoms with Gasteiger partial charge in [0.1, 0.15) is 5.60 Å².